The molecule has 0 bridgehead atoms. The van der Waals surface area contributed by atoms with Gasteiger partial charge < -0.3 is 32.1 Å². The number of rotatable bonds is 9. The number of amides is 4. The fourth-order valence-corrected chi connectivity index (χ4v) is 2.61. The van der Waals surface area contributed by atoms with E-state index in [1.807, 2.05) is 0 Å². The van der Waals surface area contributed by atoms with Gasteiger partial charge in [0.1, 0.15) is 18.1 Å². The van der Waals surface area contributed by atoms with E-state index in [4.69, 9.17) is 16.6 Å². The molecule has 1 rings (SSSR count). The molecule has 1 fully saturated rings. The van der Waals surface area contributed by atoms with Gasteiger partial charge in [-0.3, -0.25) is 24.0 Å². The molecule has 0 spiro atoms. The van der Waals surface area contributed by atoms with E-state index in [9.17, 15) is 24.0 Å². The van der Waals surface area contributed by atoms with Crippen LogP contribution in [0.3, 0.4) is 0 Å². The van der Waals surface area contributed by atoms with Crippen LogP contribution in [0.2, 0.25) is 0 Å². The van der Waals surface area contributed by atoms with Crippen LogP contribution in [0.4, 0.5) is 0 Å². The summed E-state index contributed by atoms with van der Waals surface area (Å²) in [6.45, 7) is 1.05. The van der Waals surface area contributed by atoms with Crippen molar-refractivity contribution in [2.75, 3.05) is 13.2 Å². The molecule has 0 aromatic carbocycles. The number of hydrogen-bond acceptors (Lipinski definition) is 7. The van der Waals surface area contributed by atoms with Crippen molar-refractivity contribution < 1.29 is 29.1 Å². The molecule has 0 aliphatic carbocycles. The van der Waals surface area contributed by atoms with E-state index in [1.165, 1.54) is 11.8 Å². The van der Waals surface area contributed by atoms with Crippen LogP contribution >= 0.6 is 0 Å². The average molecular weight is 370 g/mol. The normalized spacial score (nSPS) is 20.0. The van der Waals surface area contributed by atoms with E-state index in [1.54, 1.807) is 6.29 Å². The van der Waals surface area contributed by atoms with E-state index in [-0.39, 0.29) is 6.54 Å². The Morgan fingerprint density at radius 1 is 1.31 bits per heavy atom. The fourth-order valence-electron chi connectivity index (χ4n) is 2.61. The first-order valence-electron chi connectivity index (χ1n) is 8.14. The second-order valence-corrected chi connectivity index (χ2v) is 6.06. The Kier molecular flexibility index (Phi) is 8.13. The maximum absolute atomic E-state index is 12.7. The van der Waals surface area contributed by atoms with Gasteiger partial charge in [-0.25, -0.2) is 0 Å². The van der Waals surface area contributed by atoms with Gasteiger partial charge in [-0.15, -0.1) is 0 Å². The van der Waals surface area contributed by atoms with Gasteiger partial charge in [0.15, 0.2) is 0 Å². The molecular formula is C15H24N5O6. The Balaban J connectivity index is 2.90. The second kappa shape index (κ2) is 9.82. The number of nitrogens with one attached hydrogen (secondary N) is 2. The second-order valence-electron chi connectivity index (χ2n) is 6.06. The SMILES string of the molecule is C[C@@H]([C]=O)NC(=O)[C@@H]1CCCN1C(=O)[C@H](CC(N)=O)NC(=O)C(N)CO. The van der Waals surface area contributed by atoms with Crippen molar-refractivity contribution in [1.29, 1.82) is 0 Å². The number of nitrogens with two attached hydrogens (primary N) is 2. The van der Waals surface area contributed by atoms with Gasteiger partial charge in [-0.1, -0.05) is 0 Å². The summed E-state index contributed by atoms with van der Waals surface area (Å²) in [4.78, 5) is 59.9. The maximum atomic E-state index is 12.7. The Hall–Kier alpha value is -2.53. The number of aliphatic hydroxyl groups is 1. The quantitative estimate of drug-likeness (QED) is 0.276. The van der Waals surface area contributed by atoms with Crippen LogP contribution < -0.4 is 22.1 Å². The van der Waals surface area contributed by atoms with Gasteiger partial charge in [0.05, 0.1) is 19.1 Å². The predicted molar refractivity (Wildman–Crippen MR) is 88.8 cm³/mol. The third kappa shape index (κ3) is 5.77. The molecule has 26 heavy (non-hydrogen) atoms. The lowest BCUT2D eigenvalue weighted by Crippen LogP contribution is -2.57. The summed E-state index contributed by atoms with van der Waals surface area (Å²) in [5, 5.41) is 13.6. The van der Waals surface area contributed by atoms with Crippen LogP contribution in [0, 0.1) is 0 Å². The first-order valence-corrected chi connectivity index (χ1v) is 8.14. The summed E-state index contributed by atoms with van der Waals surface area (Å²) >= 11 is 0. The lowest BCUT2D eigenvalue weighted by atomic mass is 10.1. The molecule has 11 nitrogen and oxygen atoms in total. The highest BCUT2D eigenvalue weighted by Gasteiger charge is 2.38. The summed E-state index contributed by atoms with van der Waals surface area (Å²) in [6, 6.07) is -4.23. The molecule has 1 heterocycles. The molecule has 0 aromatic rings. The molecule has 4 amide bonds. The predicted octanol–water partition coefficient (Wildman–Crippen LogP) is -3.73. The zero-order valence-electron chi connectivity index (χ0n) is 14.4. The van der Waals surface area contributed by atoms with E-state index in [0.717, 1.165) is 0 Å². The summed E-state index contributed by atoms with van der Waals surface area (Å²) in [5.74, 6) is -2.84. The Labute approximate surface area is 150 Å². The molecule has 1 aliphatic rings. The van der Waals surface area contributed by atoms with Gasteiger partial charge in [-0.2, -0.15) is 0 Å². The molecule has 1 radical (unpaired) electrons. The summed E-state index contributed by atoms with van der Waals surface area (Å²) < 4.78 is 0. The van der Waals surface area contributed by atoms with Crippen molar-refractivity contribution in [3.05, 3.63) is 0 Å². The van der Waals surface area contributed by atoms with Gasteiger partial charge in [0.25, 0.3) is 0 Å². The molecule has 1 saturated heterocycles. The highest BCUT2D eigenvalue weighted by atomic mass is 16.3. The first kappa shape index (κ1) is 21.5. The van der Waals surface area contributed by atoms with E-state index >= 15 is 0 Å². The Morgan fingerprint density at radius 3 is 2.50 bits per heavy atom. The molecule has 0 aromatic heterocycles. The minimum absolute atomic E-state index is 0.243. The zero-order chi connectivity index (χ0) is 19.9. The standard InChI is InChI=1S/C15H24N5O6/c1-8(6-21)18-14(25)11-3-2-4-20(11)15(26)10(5-12(17)23)19-13(24)9(16)7-22/h8-11,22H,2-5,7,16H2,1H3,(H2,17,23)(H,18,25)(H,19,24)/t8-,9?,10-,11-/m0/s1. The van der Waals surface area contributed by atoms with Gasteiger partial charge in [0.2, 0.25) is 29.9 Å². The number of carbonyl (C=O) groups is 4. The molecular weight excluding hydrogens is 346 g/mol. The van der Waals surface area contributed by atoms with Crippen LogP contribution in [0.5, 0.6) is 0 Å². The largest absolute Gasteiger partial charge is 0.394 e. The zero-order valence-corrected chi connectivity index (χ0v) is 14.4. The molecule has 1 aliphatic heterocycles. The van der Waals surface area contributed by atoms with Crippen LogP contribution in [0.1, 0.15) is 26.2 Å². The van der Waals surface area contributed by atoms with E-state index in [2.05, 4.69) is 10.6 Å². The average Bonchev–Trinajstić information content (AvgIpc) is 3.08. The molecule has 0 saturated carbocycles. The molecule has 11 heteroatoms. The van der Waals surface area contributed by atoms with Crippen LogP contribution in [-0.4, -0.2) is 77.2 Å². The summed E-state index contributed by atoms with van der Waals surface area (Å²) in [7, 11) is 0. The topological polar surface area (TPSA) is 185 Å². The summed E-state index contributed by atoms with van der Waals surface area (Å²) in [5.41, 5.74) is 10.5. The van der Waals surface area contributed by atoms with Crippen molar-refractivity contribution in [3.8, 4) is 0 Å². The van der Waals surface area contributed by atoms with Gasteiger partial charge in [0, 0.05) is 6.54 Å². The third-order valence-electron chi connectivity index (χ3n) is 3.93. The lowest BCUT2D eigenvalue weighted by Gasteiger charge is -2.29. The van der Waals surface area contributed by atoms with Crippen molar-refractivity contribution >= 4 is 29.9 Å². The van der Waals surface area contributed by atoms with Gasteiger partial charge in [-0.05, 0) is 19.8 Å². The molecule has 1 unspecified atom stereocenters. The highest BCUT2D eigenvalue weighted by Crippen LogP contribution is 2.19. The van der Waals surface area contributed by atoms with Crippen LogP contribution in [0.15, 0.2) is 0 Å². The highest BCUT2D eigenvalue weighted by molar-refractivity contribution is 5.96. The lowest BCUT2D eigenvalue weighted by molar-refractivity contribution is -0.142. The Bertz CT molecular complexity index is 569. The smallest absolute Gasteiger partial charge is 0.246 e. The van der Waals surface area contributed by atoms with E-state index < -0.39 is 60.8 Å². The Morgan fingerprint density at radius 2 is 1.96 bits per heavy atom. The number of likely N-dealkylation sites (tertiary alicyclic amines) is 1. The first-order chi connectivity index (χ1) is 12.2. The van der Waals surface area contributed by atoms with Crippen molar-refractivity contribution in [3.63, 3.8) is 0 Å². The van der Waals surface area contributed by atoms with E-state index in [0.29, 0.717) is 12.8 Å². The van der Waals surface area contributed by atoms with Crippen molar-refractivity contribution in [1.82, 2.24) is 15.5 Å². The molecule has 7 N–H and O–H groups in total. The van der Waals surface area contributed by atoms with Crippen LogP contribution in [-0.2, 0) is 24.0 Å². The number of carbonyl (C=O) groups excluding carboxylic acids is 5. The molecule has 145 valence electrons. The summed E-state index contributed by atoms with van der Waals surface area (Å²) in [6.07, 6.45) is 2.05. The number of hydrogen-bond donors (Lipinski definition) is 5. The van der Waals surface area contributed by atoms with Crippen molar-refractivity contribution in [2.45, 2.75) is 50.4 Å². The number of aliphatic hydroxyl groups excluding tert-OH is 1. The minimum Gasteiger partial charge on any atom is -0.394 e. The maximum Gasteiger partial charge on any atom is 0.246 e. The van der Waals surface area contributed by atoms with Crippen molar-refractivity contribution in [2.24, 2.45) is 11.5 Å². The number of nitrogens with zero attached hydrogens (tertiary/aromatic N) is 1. The van der Waals surface area contributed by atoms with Gasteiger partial charge >= 0.3 is 0 Å². The molecule has 4 atom stereocenters. The minimum atomic E-state index is -1.30. The van der Waals surface area contributed by atoms with Crippen LogP contribution in [0.25, 0.3) is 0 Å². The number of primary amides is 1. The monoisotopic (exact) mass is 370 g/mol. The third-order valence-corrected chi connectivity index (χ3v) is 3.93. The fraction of sp³-hybridized carbons (Fsp3) is 0.667.